The van der Waals surface area contributed by atoms with Crippen molar-refractivity contribution in [2.45, 2.75) is 58.5 Å². The zero-order valence-electron chi connectivity index (χ0n) is 12.0. The van der Waals surface area contributed by atoms with Gasteiger partial charge >= 0.3 is 0 Å². The molecule has 2 nitrogen and oxygen atoms in total. The van der Waals surface area contributed by atoms with Crippen molar-refractivity contribution in [1.29, 1.82) is 0 Å². The third-order valence-corrected chi connectivity index (χ3v) is 4.84. The lowest BCUT2D eigenvalue weighted by molar-refractivity contribution is -0.118. The Morgan fingerprint density at radius 1 is 1.53 bits per heavy atom. The van der Waals surface area contributed by atoms with Crippen molar-refractivity contribution < 1.29 is 9.90 Å². The Morgan fingerprint density at radius 3 is 3.05 bits per heavy atom. The summed E-state index contributed by atoms with van der Waals surface area (Å²) in [5.74, 6) is 6.93. The van der Waals surface area contributed by atoms with E-state index in [2.05, 4.69) is 30.9 Å². The highest BCUT2D eigenvalue weighted by molar-refractivity contribution is 5.82. The smallest absolute Gasteiger partial charge is 0.134 e. The van der Waals surface area contributed by atoms with Gasteiger partial charge in [0.05, 0.1) is 6.10 Å². The number of aliphatic hydroxyl groups excluding tert-OH is 1. The SMILES string of the molecule is CC#CCCC/C=C/C12CC(=O)CC1C(C)[C@H](O)C2. The first-order chi connectivity index (χ1) is 9.09. The molecule has 0 spiro atoms. The zero-order chi connectivity index (χ0) is 13.9. The fourth-order valence-electron chi connectivity index (χ4n) is 3.80. The quantitative estimate of drug-likeness (QED) is 0.479. The van der Waals surface area contributed by atoms with Gasteiger partial charge in [0.2, 0.25) is 0 Å². The average molecular weight is 260 g/mol. The van der Waals surface area contributed by atoms with Crippen LogP contribution in [0.5, 0.6) is 0 Å². The highest BCUT2D eigenvalue weighted by atomic mass is 16.3. The fraction of sp³-hybridized carbons (Fsp3) is 0.706. The van der Waals surface area contributed by atoms with E-state index in [-0.39, 0.29) is 17.4 Å². The average Bonchev–Trinajstić information content (AvgIpc) is 2.79. The molecule has 104 valence electrons. The van der Waals surface area contributed by atoms with Gasteiger partial charge in [0.15, 0.2) is 0 Å². The Balaban J connectivity index is 1.97. The van der Waals surface area contributed by atoms with E-state index in [4.69, 9.17) is 0 Å². The molecule has 0 aromatic carbocycles. The van der Waals surface area contributed by atoms with E-state index in [0.29, 0.717) is 24.5 Å². The van der Waals surface area contributed by atoms with Crippen LogP contribution in [0.15, 0.2) is 12.2 Å². The van der Waals surface area contributed by atoms with Gasteiger partial charge in [-0.25, -0.2) is 0 Å². The van der Waals surface area contributed by atoms with E-state index in [9.17, 15) is 9.90 Å². The second-order valence-corrected chi connectivity index (χ2v) is 6.11. The third-order valence-electron chi connectivity index (χ3n) is 4.84. The van der Waals surface area contributed by atoms with Crippen molar-refractivity contribution in [3.8, 4) is 11.8 Å². The monoisotopic (exact) mass is 260 g/mol. The molecule has 2 heteroatoms. The van der Waals surface area contributed by atoms with Gasteiger partial charge in [-0.05, 0) is 38.0 Å². The molecule has 3 unspecified atom stereocenters. The molecule has 0 radical (unpaired) electrons. The molecule has 2 rings (SSSR count). The summed E-state index contributed by atoms with van der Waals surface area (Å²) in [4.78, 5) is 11.8. The summed E-state index contributed by atoms with van der Waals surface area (Å²) in [7, 11) is 0. The van der Waals surface area contributed by atoms with Crippen LogP contribution < -0.4 is 0 Å². The number of rotatable bonds is 4. The standard InChI is InChI=1S/C17H24O2/c1-3-4-5-6-7-8-9-17-11-14(18)10-15(17)13(2)16(19)12-17/h8-9,13,15-16,19H,5-7,10-12H2,1-2H3/b9-8+/t13?,15?,16-,17?/m1/s1. The lowest BCUT2D eigenvalue weighted by atomic mass is 9.78. The molecule has 2 fully saturated rings. The molecule has 0 amide bonds. The summed E-state index contributed by atoms with van der Waals surface area (Å²) in [6.45, 7) is 3.95. The highest BCUT2D eigenvalue weighted by Crippen LogP contribution is 2.56. The van der Waals surface area contributed by atoms with Crippen LogP contribution in [0.4, 0.5) is 0 Å². The van der Waals surface area contributed by atoms with Crippen molar-refractivity contribution in [2.75, 3.05) is 0 Å². The maximum atomic E-state index is 11.8. The predicted octanol–water partition coefficient (Wildman–Crippen LogP) is 3.10. The molecule has 2 aliphatic carbocycles. The molecule has 0 aliphatic heterocycles. The first kappa shape index (κ1) is 14.3. The number of hydrogen-bond acceptors (Lipinski definition) is 2. The summed E-state index contributed by atoms with van der Waals surface area (Å²) in [5, 5.41) is 10.1. The Kier molecular flexibility index (Phi) is 4.47. The molecule has 19 heavy (non-hydrogen) atoms. The number of fused-ring (bicyclic) bond motifs is 1. The normalized spacial score (nSPS) is 37.4. The molecule has 2 aliphatic rings. The second-order valence-electron chi connectivity index (χ2n) is 6.11. The van der Waals surface area contributed by atoms with E-state index < -0.39 is 0 Å². The largest absolute Gasteiger partial charge is 0.393 e. The summed E-state index contributed by atoms with van der Waals surface area (Å²) >= 11 is 0. The van der Waals surface area contributed by atoms with E-state index >= 15 is 0 Å². The van der Waals surface area contributed by atoms with Gasteiger partial charge in [-0.1, -0.05) is 19.1 Å². The molecular weight excluding hydrogens is 236 g/mol. The van der Waals surface area contributed by atoms with Gasteiger partial charge in [0.25, 0.3) is 0 Å². The Hall–Kier alpha value is -1.07. The maximum absolute atomic E-state index is 11.8. The molecule has 0 bridgehead atoms. The molecule has 0 aromatic heterocycles. The number of Topliss-reactive ketones (excluding diaryl/α,β-unsaturated/α-hetero) is 1. The van der Waals surface area contributed by atoms with Gasteiger partial charge < -0.3 is 5.11 Å². The minimum atomic E-state index is -0.242. The second kappa shape index (κ2) is 5.92. The number of carbonyl (C=O) groups is 1. The number of carbonyl (C=O) groups excluding carboxylic acids is 1. The summed E-state index contributed by atoms with van der Waals surface area (Å²) in [6.07, 6.45) is 9.27. The lowest BCUT2D eigenvalue weighted by Crippen LogP contribution is -2.19. The van der Waals surface area contributed by atoms with Gasteiger partial charge in [0, 0.05) is 24.7 Å². The number of allylic oxidation sites excluding steroid dienone is 2. The van der Waals surface area contributed by atoms with Crippen LogP contribution in [0, 0.1) is 29.1 Å². The van der Waals surface area contributed by atoms with Crippen molar-refractivity contribution >= 4 is 5.78 Å². The van der Waals surface area contributed by atoms with E-state index in [1.54, 1.807) is 0 Å². The van der Waals surface area contributed by atoms with Crippen molar-refractivity contribution in [3.63, 3.8) is 0 Å². The summed E-state index contributed by atoms with van der Waals surface area (Å²) < 4.78 is 0. The summed E-state index contributed by atoms with van der Waals surface area (Å²) in [6, 6.07) is 0. The summed E-state index contributed by atoms with van der Waals surface area (Å²) in [5.41, 5.74) is -0.0493. The molecule has 4 atom stereocenters. The Morgan fingerprint density at radius 2 is 2.32 bits per heavy atom. The van der Waals surface area contributed by atoms with Crippen LogP contribution in [-0.4, -0.2) is 17.0 Å². The minimum absolute atomic E-state index is 0.0493. The Labute approximate surface area is 116 Å². The van der Waals surface area contributed by atoms with Crippen molar-refractivity contribution in [3.05, 3.63) is 12.2 Å². The van der Waals surface area contributed by atoms with Crippen LogP contribution >= 0.6 is 0 Å². The maximum Gasteiger partial charge on any atom is 0.134 e. The first-order valence-electron chi connectivity index (χ1n) is 7.36. The topological polar surface area (TPSA) is 37.3 Å². The minimum Gasteiger partial charge on any atom is -0.393 e. The van der Waals surface area contributed by atoms with Crippen LogP contribution in [0.1, 0.15) is 52.4 Å². The van der Waals surface area contributed by atoms with E-state index in [1.807, 2.05) is 6.92 Å². The van der Waals surface area contributed by atoms with Crippen LogP contribution in [0.25, 0.3) is 0 Å². The van der Waals surface area contributed by atoms with Gasteiger partial charge in [0.1, 0.15) is 5.78 Å². The zero-order valence-corrected chi connectivity index (χ0v) is 12.0. The third kappa shape index (κ3) is 2.92. The van der Waals surface area contributed by atoms with Gasteiger partial charge in [-0.2, -0.15) is 0 Å². The van der Waals surface area contributed by atoms with E-state index in [1.165, 1.54) is 0 Å². The molecule has 0 heterocycles. The van der Waals surface area contributed by atoms with E-state index in [0.717, 1.165) is 25.7 Å². The van der Waals surface area contributed by atoms with Crippen molar-refractivity contribution in [2.24, 2.45) is 17.3 Å². The molecular formula is C17H24O2. The lowest BCUT2D eigenvalue weighted by Gasteiger charge is -2.25. The number of ketones is 1. The van der Waals surface area contributed by atoms with Crippen LogP contribution in [-0.2, 0) is 4.79 Å². The first-order valence-corrected chi connectivity index (χ1v) is 7.36. The number of aliphatic hydroxyl groups is 1. The van der Waals surface area contributed by atoms with Gasteiger partial charge in [-0.15, -0.1) is 11.8 Å². The molecule has 2 saturated carbocycles. The molecule has 1 N–H and O–H groups in total. The molecule has 0 aromatic rings. The van der Waals surface area contributed by atoms with Gasteiger partial charge in [-0.3, -0.25) is 4.79 Å². The van der Waals surface area contributed by atoms with Crippen molar-refractivity contribution in [1.82, 2.24) is 0 Å². The predicted molar refractivity (Wildman–Crippen MR) is 76.4 cm³/mol. The van der Waals surface area contributed by atoms with Crippen LogP contribution in [0.2, 0.25) is 0 Å². The number of hydrogen-bond donors (Lipinski definition) is 1. The molecule has 0 saturated heterocycles. The van der Waals surface area contributed by atoms with Crippen LogP contribution in [0.3, 0.4) is 0 Å². The Bertz CT molecular complexity index is 426. The fourth-order valence-corrected chi connectivity index (χ4v) is 3.80. The highest BCUT2D eigenvalue weighted by Gasteiger charge is 2.54. The number of unbranched alkanes of at least 4 members (excludes halogenated alkanes) is 2.